The van der Waals surface area contributed by atoms with Crippen molar-refractivity contribution in [3.63, 3.8) is 0 Å². The molecular weight excluding hydrogens is 340 g/mol. The molecule has 0 spiro atoms. The van der Waals surface area contributed by atoms with Gasteiger partial charge < -0.3 is 24.6 Å². The Bertz CT molecular complexity index is 566. The molecule has 0 aromatic heterocycles. The summed E-state index contributed by atoms with van der Waals surface area (Å²) in [4.78, 5) is 15.5. The van der Waals surface area contributed by atoms with Gasteiger partial charge in [-0.15, -0.1) is 0 Å². The Morgan fingerprint density at radius 3 is 2.58 bits per heavy atom. The first-order chi connectivity index (χ1) is 11.5. The second-order valence-electron chi connectivity index (χ2n) is 5.18. The van der Waals surface area contributed by atoms with Gasteiger partial charge in [-0.2, -0.15) is 8.78 Å². The third-order valence-corrected chi connectivity index (χ3v) is 3.83. The summed E-state index contributed by atoms with van der Waals surface area (Å²) < 4.78 is 33.7. The lowest BCUT2D eigenvalue weighted by Gasteiger charge is -2.29. The molecule has 2 rings (SSSR count). The molecule has 1 saturated heterocycles. The lowest BCUT2D eigenvalue weighted by molar-refractivity contribution is -0.135. The molecule has 1 aromatic rings. The minimum Gasteiger partial charge on any atom is -0.435 e. The standard InChI is InChI=1S/C15H19F2N3O3S/c1-19(10-13(21)20-6-8-22-9-7-20)15(24)18-11-2-4-12(5-3-11)23-14(16)17/h2-5,14H,6-10H2,1H3,(H,18,24). The highest BCUT2D eigenvalue weighted by molar-refractivity contribution is 7.80. The summed E-state index contributed by atoms with van der Waals surface area (Å²) in [6.45, 7) is -0.451. The van der Waals surface area contributed by atoms with Gasteiger partial charge in [0, 0.05) is 25.8 Å². The number of thiocarbonyl (C=S) groups is 1. The van der Waals surface area contributed by atoms with E-state index in [9.17, 15) is 13.6 Å². The van der Waals surface area contributed by atoms with Crippen LogP contribution in [0.2, 0.25) is 0 Å². The molecule has 0 saturated carbocycles. The molecule has 1 aromatic carbocycles. The normalized spacial score (nSPS) is 14.4. The first-order valence-electron chi connectivity index (χ1n) is 7.38. The van der Waals surface area contributed by atoms with Crippen LogP contribution >= 0.6 is 12.2 Å². The first kappa shape index (κ1) is 18.3. The number of anilines is 1. The van der Waals surface area contributed by atoms with Crippen molar-refractivity contribution in [2.24, 2.45) is 0 Å². The number of carbonyl (C=O) groups is 1. The summed E-state index contributed by atoms with van der Waals surface area (Å²) >= 11 is 5.25. The Morgan fingerprint density at radius 2 is 2.00 bits per heavy atom. The fourth-order valence-corrected chi connectivity index (χ4v) is 2.31. The minimum atomic E-state index is -2.86. The van der Waals surface area contributed by atoms with Crippen molar-refractivity contribution in [1.82, 2.24) is 9.80 Å². The van der Waals surface area contributed by atoms with Crippen LogP contribution in [0.1, 0.15) is 0 Å². The molecule has 132 valence electrons. The smallest absolute Gasteiger partial charge is 0.387 e. The Balaban J connectivity index is 1.83. The van der Waals surface area contributed by atoms with Gasteiger partial charge in [0.1, 0.15) is 5.75 Å². The summed E-state index contributed by atoms with van der Waals surface area (Å²) in [7, 11) is 1.71. The molecular formula is C15H19F2N3O3S. The second kappa shape index (κ2) is 8.74. The van der Waals surface area contributed by atoms with Gasteiger partial charge in [0.15, 0.2) is 5.11 Å². The number of benzene rings is 1. The topological polar surface area (TPSA) is 54.0 Å². The monoisotopic (exact) mass is 359 g/mol. The van der Waals surface area contributed by atoms with Crippen LogP contribution < -0.4 is 10.1 Å². The maximum Gasteiger partial charge on any atom is 0.387 e. The number of carbonyl (C=O) groups excluding carboxylic acids is 1. The van der Waals surface area contributed by atoms with Gasteiger partial charge in [0.05, 0.1) is 19.8 Å². The van der Waals surface area contributed by atoms with Crippen molar-refractivity contribution in [2.45, 2.75) is 6.61 Å². The summed E-state index contributed by atoms with van der Waals surface area (Å²) in [5.41, 5.74) is 0.618. The van der Waals surface area contributed by atoms with Crippen molar-refractivity contribution in [3.8, 4) is 5.75 Å². The van der Waals surface area contributed by atoms with Gasteiger partial charge in [-0.25, -0.2) is 0 Å². The zero-order valence-electron chi connectivity index (χ0n) is 13.2. The third-order valence-electron chi connectivity index (χ3n) is 3.41. The first-order valence-corrected chi connectivity index (χ1v) is 7.79. The molecule has 0 bridgehead atoms. The van der Waals surface area contributed by atoms with Gasteiger partial charge in [-0.1, -0.05) is 0 Å². The molecule has 1 aliphatic heterocycles. The Labute approximate surface area is 144 Å². The molecule has 24 heavy (non-hydrogen) atoms. The summed E-state index contributed by atoms with van der Waals surface area (Å²) in [6, 6.07) is 5.97. The lowest BCUT2D eigenvalue weighted by atomic mass is 10.3. The molecule has 0 aliphatic carbocycles. The highest BCUT2D eigenvalue weighted by Gasteiger charge is 2.19. The highest BCUT2D eigenvalue weighted by atomic mass is 32.1. The Kier molecular flexibility index (Phi) is 6.68. The predicted molar refractivity (Wildman–Crippen MR) is 89.3 cm³/mol. The zero-order chi connectivity index (χ0) is 17.5. The third kappa shape index (κ3) is 5.57. The lowest BCUT2D eigenvalue weighted by Crippen LogP contribution is -2.46. The van der Waals surface area contributed by atoms with E-state index >= 15 is 0 Å². The number of amides is 1. The van der Waals surface area contributed by atoms with E-state index in [1.54, 1.807) is 29.0 Å². The number of nitrogens with one attached hydrogen (secondary N) is 1. The van der Waals surface area contributed by atoms with Gasteiger partial charge in [-0.3, -0.25) is 4.79 Å². The Morgan fingerprint density at radius 1 is 1.38 bits per heavy atom. The van der Waals surface area contributed by atoms with Crippen LogP contribution in [-0.2, 0) is 9.53 Å². The molecule has 1 aliphatic rings. The van der Waals surface area contributed by atoms with Crippen LogP contribution in [0.3, 0.4) is 0 Å². The zero-order valence-corrected chi connectivity index (χ0v) is 14.0. The number of rotatable bonds is 5. The predicted octanol–water partition coefficient (Wildman–Crippen LogP) is 1.78. The van der Waals surface area contributed by atoms with Gasteiger partial charge in [-0.05, 0) is 36.5 Å². The second-order valence-corrected chi connectivity index (χ2v) is 5.57. The fourth-order valence-electron chi connectivity index (χ4n) is 2.13. The number of alkyl halides is 2. The maximum atomic E-state index is 12.2. The van der Waals surface area contributed by atoms with Crippen LogP contribution in [0.25, 0.3) is 0 Å². The van der Waals surface area contributed by atoms with Gasteiger partial charge in [0.2, 0.25) is 5.91 Å². The SMILES string of the molecule is CN(CC(=O)N1CCOCC1)C(=S)Nc1ccc(OC(F)F)cc1. The molecule has 1 N–H and O–H groups in total. The molecule has 1 fully saturated rings. The fraction of sp³-hybridized carbons (Fsp3) is 0.467. The van der Waals surface area contributed by atoms with Crippen molar-refractivity contribution in [3.05, 3.63) is 24.3 Å². The van der Waals surface area contributed by atoms with E-state index in [1.807, 2.05) is 0 Å². The molecule has 9 heteroatoms. The average molecular weight is 359 g/mol. The van der Waals surface area contributed by atoms with E-state index in [4.69, 9.17) is 17.0 Å². The molecule has 0 unspecified atom stereocenters. The quantitative estimate of drug-likeness (QED) is 0.809. The molecule has 6 nitrogen and oxygen atoms in total. The van der Waals surface area contributed by atoms with E-state index in [0.717, 1.165) is 0 Å². The molecule has 0 atom stereocenters. The number of likely N-dealkylation sites (N-methyl/N-ethyl adjacent to an activating group) is 1. The van der Waals surface area contributed by atoms with Crippen LogP contribution in [-0.4, -0.2) is 67.3 Å². The van der Waals surface area contributed by atoms with Crippen LogP contribution in [0, 0.1) is 0 Å². The van der Waals surface area contributed by atoms with E-state index in [1.165, 1.54) is 12.1 Å². The van der Waals surface area contributed by atoms with Crippen molar-refractivity contribution in [1.29, 1.82) is 0 Å². The minimum absolute atomic E-state index is 0.0226. The van der Waals surface area contributed by atoms with Gasteiger partial charge >= 0.3 is 6.61 Å². The number of nitrogens with zero attached hydrogens (tertiary/aromatic N) is 2. The van der Waals surface area contributed by atoms with Crippen LogP contribution in [0.15, 0.2) is 24.3 Å². The van der Waals surface area contributed by atoms with Crippen LogP contribution in [0.5, 0.6) is 5.75 Å². The molecule has 1 heterocycles. The summed E-state index contributed by atoms with van der Waals surface area (Å²) in [6.07, 6.45) is 0. The van der Waals surface area contributed by atoms with E-state index in [0.29, 0.717) is 37.1 Å². The largest absolute Gasteiger partial charge is 0.435 e. The van der Waals surface area contributed by atoms with Crippen LogP contribution in [0.4, 0.5) is 14.5 Å². The number of morpholine rings is 1. The van der Waals surface area contributed by atoms with E-state index < -0.39 is 6.61 Å². The summed E-state index contributed by atoms with van der Waals surface area (Å²) in [5.74, 6) is 0.0444. The van der Waals surface area contributed by atoms with Crippen molar-refractivity contribution >= 4 is 28.9 Å². The van der Waals surface area contributed by atoms with Crippen molar-refractivity contribution in [2.75, 3.05) is 45.2 Å². The number of hydrogen-bond acceptors (Lipinski definition) is 4. The maximum absolute atomic E-state index is 12.2. The molecule has 1 amide bonds. The number of ether oxygens (including phenoxy) is 2. The van der Waals surface area contributed by atoms with E-state index in [-0.39, 0.29) is 18.2 Å². The van der Waals surface area contributed by atoms with E-state index in [2.05, 4.69) is 10.1 Å². The highest BCUT2D eigenvalue weighted by Crippen LogP contribution is 2.18. The van der Waals surface area contributed by atoms with Gasteiger partial charge in [0.25, 0.3) is 0 Å². The molecule has 0 radical (unpaired) electrons. The van der Waals surface area contributed by atoms with Crippen molar-refractivity contribution < 1.29 is 23.0 Å². The summed E-state index contributed by atoms with van der Waals surface area (Å²) in [5, 5.41) is 3.31. The number of hydrogen-bond donors (Lipinski definition) is 1. The average Bonchev–Trinajstić information content (AvgIpc) is 2.56. The Hall–Kier alpha value is -2.00. The number of halogens is 2.